The molecule has 0 aliphatic carbocycles. The van der Waals surface area contributed by atoms with Gasteiger partial charge < -0.3 is 4.57 Å². The zero-order valence-electron chi connectivity index (χ0n) is 12.4. The Kier molecular flexibility index (Phi) is 3.98. The molecule has 1 aliphatic heterocycles. The molecule has 0 atom stereocenters. The fourth-order valence-electron chi connectivity index (χ4n) is 2.36. The lowest BCUT2D eigenvalue weighted by Crippen LogP contribution is -2.31. The van der Waals surface area contributed by atoms with Crippen LogP contribution in [0.3, 0.4) is 0 Å². The molecule has 6 nitrogen and oxygen atoms in total. The molecule has 1 aromatic heterocycles. The number of amides is 2. The van der Waals surface area contributed by atoms with Crippen molar-refractivity contribution in [3.8, 4) is 0 Å². The summed E-state index contributed by atoms with van der Waals surface area (Å²) >= 11 is 1.49. The van der Waals surface area contributed by atoms with Crippen LogP contribution in [-0.2, 0) is 0 Å². The van der Waals surface area contributed by atoms with E-state index in [1.165, 1.54) is 16.7 Å². The Hall–Kier alpha value is -2.15. The highest BCUT2D eigenvalue weighted by molar-refractivity contribution is 7.99. The Morgan fingerprint density at radius 1 is 1.14 bits per heavy atom. The Labute approximate surface area is 132 Å². The van der Waals surface area contributed by atoms with E-state index in [1.807, 2.05) is 4.57 Å². The first-order valence-electron chi connectivity index (χ1n) is 7.07. The summed E-state index contributed by atoms with van der Waals surface area (Å²) in [5.41, 5.74) is 0.977. The van der Waals surface area contributed by atoms with Crippen molar-refractivity contribution in [3.05, 3.63) is 41.7 Å². The fourth-order valence-corrected chi connectivity index (χ4v) is 3.33. The zero-order chi connectivity index (χ0) is 15.7. The van der Waals surface area contributed by atoms with Crippen LogP contribution in [-0.4, -0.2) is 43.8 Å². The number of carbonyl (C=O) groups excluding carboxylic acids is 2. The molecule has 2 amide bonds. The molecule has 2 heterocycles. The predicted octanol–water partition coefficient (Wildman–Crippen LogP) is 2.25. The van der Waals surface area contributed by atoms with Gasteiger partial charge in [0.25, 0.3) is 11.8 Å². The highest BCUT2D eigenvalue weighted by Gasteiger charge is 2.34. The van der Waals surface area contributed by atoms with Gasteiger partial charge in [-0.15, -0.1) is 10.2 Å². The number of hydrogen-bond donors (Lipinski definition) is 0. The molecule has 2 aromatic rings. The zero-order valence-corrected chi connectivity index (χ0v) is 13.2. The highest BCUT2D eigenvalue weighted by atomic mass is 32.2. The number of hydrogen-bond acceptors (Lipinski definition) is 5. The quantitative estimate of drug-likeness (QED) is 0.625. The van der Waals surface area contributed by atoms with Gasteiger partial charge in [-0.25, -0.2) is 0 Å². The summed E-state index contributed by atoms with van der Waals surface area (Å²) < 4.78 is 1.97. The van der Waals surface area contributed by atoms with Crippen molar-refractivity contribution < 1.29 is 9.59 Å². The molecule has 0 unspecified atom stereocenters. The van der Waals surface area contributed by atoms with Crippen molar-refractivity contribution >= 4 is 23.6 Å². The van der Waals surface area contributed by atoms with Gasteiger partial charge in [-0.2, -0.15) is 0 Å². The van der Waals surface area contributed by atoms with Crippen molar-refractivity contribution in [3.63, 3.8) is 0 Å². The molecule has 3 rings (SSSR count). The molecular formula is C15H16N4O2S. The highest BCUT2D eigenvalue weighted by Crippen LogP contribution is 2.24. The molecule has 0 fully saturated rings. The van der Waals surface area contributed by atoms with Crippen molar-refractivity contribution in [1.29, 1.82) is 0 Å². The molecule has 0 bridgehead atoms. The maximum absolute atomic E-state index is 12.2. The van der Waals surface area contributed by atoms with Gasteiger partial charge >= 0.3 is 0 Å². The van der Waals surface area contributed by atoms with E-state index in [-0.39, 0.29) is 17.9 Å². The normalized spacial score (nSPS) is 14.0. The Balaban J connectivity index is 1.65. The minimum Gasteiger partial charge on any atom is -0.306 e. The summed E-state index contributed by atoms with van der Waals surface area (Å²) in [6.45, 7) is 4.47. The molecule has 0 spiro atoms. The molecule has 0 N–H and O–H groups in total. The number of thioether (sulfide) groups is 1. The third-order valence-corrected chi connectivity index (χ3v) is 4.46. The smallest absolute Gasteiger partial charge is 0.261 e. The number of benzene rings is 1. The molecule has 114 valence electrons. The summed E-state index contributed by atoms with van der Waals surface area (Å²) in [5, 5.41) is 8.77. The number of aromatic nitrogens is 3. The van der Waals surface area contributed by atoms with Gasteiger partial charge in [-0.3, -0.25) is 14.5 Å². The third-order valence-electron chi connectivity index (χ3n) is 3.52. The second-order valence-electron chi connectivity index (χ2n) is 5.27. The summed E-state index contributed by atoms with van der Waals surface area (Å²) in [5.74, 6) is 0.162. The number of nitrogens with zero attached hydrogens (tertiary/aromatic N) is 4. The van der Waals surface area contributed by atoms with Gasteiger partial charge in [0.05, 0.1) is 11.1 Å². The van der Waals surface area contributed by atoms with Crippen LogP contribution in [0.1, 0.15) is 40.6 Å². The average molecular weight is 316 g/mol. The monoisotopic (exact) mass is 316 g/mol. The minimum absolute atomic E-state index is 0.216. The fraction of sp³-hybridized carbons (Fsp3) is 0.333. The minimum atomic E-state index is -0.216. The molecule has 1 aromatic carbocycles. The Morgan fingerprint density at radius 2 is 1.77 bits per heavy atom. The molecule has 1 aliphatic rings. The maximum atomic E-state index is 12.2. The van der Waals surface area contributed by atoms with E-state index in [4.69, 9.17) is 0 Å². The van der Waals surface area contributed by atoms with E-state index in [0.29, 0.717) is 23.4 Å². The van der Waals surface area contributed by atoms with Crippen LogP contribution in [0.25, 0.3) is 0 Å². The molecule has 0 saturated heterocycles. The Morgan fingerprint density at radius 3 is 2.36 bits per heavy atom. The lowest BCUT2D eigenvalue weighted by Gasteiger charge is -2.14. The number of fused-ring (bicyclic) bond motifs is 1. The summed E-state index contributed by atoms with van der Waals surface area (Å²) in [7, 11) is 0. The lowest BCUT2D eigenvalue weighted by molar-refractivity contribution is 0.0664. The standard InChI is InChI=1S/C15H16N4O2S/c1-10(2)19-9-16-17-15(19)22-8-7-18-13(20)11-5-3-4-6-12(11)14(18)21/h3-6,9-10H,7-8H2,1-2H3. The first-order valence-corrected chi connectivity index (χ1v) is 8.05. The second kappa shape index (κ2) is 5.92. The van der Waals surface area contributed by atoms with E-state index >= 15 is 0 Å². The van der Waals surface area contributed by atoms with Crippen LogP contribution in [0.4, 0.5) is 0 Å². The van der Waals surface area contributed by atoms with Gasteiger partial charge in [-0.1, -0.05) is 23.9 Å². The van der Waals surface area contributed by atoms with E-state index in [0.717, 1.165) is 5.16 Å². The van der Waals surface area contributed by atoms with Gasteiger partial charge in [0.1, 0.15) is 6.33 Å². The summed E-state index contributed by atoms with van der Waals surface area (Å²) in [4.78, 5) is 25.8. The van der Waals surface area contributed by atoms with Crippen LogP contribution in [0, 0.1) is 0 Å². The van der Waals surface area contributed by atoms with E-state index in [2.05, 4.69) is 24.0 Å². The number of carbonyl (C=O) groups is 2. The molecule has 22 heavy (non-hydrogen) atoms. The second-order valence-corrected chi connectivity index (χ2v) is 6.33. The van der Waals surface area contributed by atoms with Gasteiger partial charge in [0, 0.05) is 18.3 Å². The van der Waals surface area contributed by atoms with Crippen LogP contribution in [0.2, 0.25) is 0 Å². The molecule has 7 heteroatoms. The largest absolute Gasteiger partial charge is 0.306 e. The number of rotatable bonds is 5. The third kappa shape index (κ3) is 2.52. The van der Waals surface area contributed by atoms with Crippen LogP contribution in [0.5, 0.6) is 0 Å². The van der Waals surface area contributed by atoms with Crippen LogP contribution >= 0.6 is 11.8 Å². The van der Waals surface area contributed by atoms with Crippen LogP contribution < -0.4 is 0 Å². The first-order chi connectivity index (χ1) is 10.6. The van der Waals surface area contributed by atoms with E-state index in [1.54, 1.807) is 30.6 Å². The molecular weight excluding hydrogens is 300 g/mol. The van der Waals surface area contributed by atoms with E-state index in [9.17, 15) is 9.59 Å². The van der Waals surface area contributed by atoms with Crippen molar-refractivity contribution in [2.45, 2.75) is 25.0 Å². The van der Waals surface area contributed by atoms with Crippen molar-refractivity contribution in [2.75, 3.05) is 12.3 Å². The predicted molar refractivity (Wildman–Crippen MR) is 82.9 cm³/mol. The molecule has 0 radical (unpaired) electrons. The summed E-state index contributed by atoms with van der Waals surface area (Å²) in [6, 6.07) is 7.20. The van der Waals surface area contributed by atoms with E-state index < -0.39 is 0 Å². The van der Waals surface area contributed by atoms with Gasteiger partial charge in [-0.05, 0) is 26.0 Å². The Bertz CT molecular complexity index is 691. The van der Waals surface area contributed by atoms with Gasteiger partial charge in [0.2, 0.25) is 0 Å². The van der Waals surface area contributed by atoms with Crippen LogP contribution in [0.15, 0.2) is 35.7 Å². The van der Waals surface area contributed by atoms with Crippen molar-refractivity contribution in [2.24, 2.45) is 0 Å². The average Bonchev–Trinajstić information content (AvgIpc) is 3.07. The summed E-state index contributed by atoms with van der Waals surface area (Å²) in [6.07, 6.45) is 1.69. The van der Waals surface area contributed by atoms with Crippen molar-refractivity contribution in [1.82, 2.24) is 19.7 Å². The topological polar surface area (TPSA) is 68.1 Å². The first kappa shape index (κ1) is 14.8. The van der Waals surface area contributed by atoms with Gasteiger partial charge in [0.15, 0.2) is 5.16 Å². The maximum Gasteiger partial charge on any atom is 0.261 e. The lowest BCUT2D eigenvalue weighted by atomic mass is 10.1. The SMILES string of the molecule is CC(C)n1cnnc1SCCN1C(=O)c2ccccc2C1=O. The number of imide groups is 1. The molecule has 0 saturated carbocycles.